The van der Waals surface area contributed by atoms with Crippen molar-refractivity contribution in [1.82, 2.24) is 0 Å². The van der Waals surface area contributed by atoms with Crippen molar-refractivity contribution in [2.45, 2.75) is 0 Å². The lowest BCUT2D eigenvalue weighted by Gasteiger charge is -2.27. The van der Waals surface area contributed by atoms with Crippen molar-refractivity contribution in [1.29, 1.82) is 0 Å². The molecule has 0 aliphatic heterocycles. The number of benzene rings is 10. The van der Waals surface area contributed by atoms with E-state index in [1.54, 1.807) is 0 Å². The van der Waals surface area contributed by atoms with E-state index < -0.39 is 0 Å². The van der Waals surface area contributed by atoms with Crippen LogP contribution < -0.4 is 4.90 Å². The van der Waals surface area contributed by atoms with Crippen molar-refractivity contribution in [3.63, 3.8) is 0 Å². The summed E-state index contributed by atoms with van der Waals surface area (Å²) >= 11 is 1.87. The largest absolute Gasteiger partial charge is 0.310 e. The molecule has 2 heteroatoms. The summed E-state index contributed by atoms with van der Waals surface area (Å²) in [6.45, 7) is 0. The lowest BCUT2D eigenvalue weighted by Crippen LogP contribution is -2.10. The van der Waals surface area contributed by atoms with Gasteiger partial charge >= 0.3 is 0 Å². The molecule has 10 aromatic carbocycles. The van der Waals surface area contributed by atoms with Gasteiger partial charge in [-0.3, -0.25) is 0 Å². The summed E-state index contributed by atoms with van der Waals surface area (Å²) in [4.78, 5) is 2.43. The highest BCUT2D eigenvalue weighted by atomic mass is 32.1. The average molecular weight is 730 g/mol. The second kappa shape index (κ2) is 13.4. The Morgan fingerprint density at radius 3 is 1.55 bits per heavy atom. The molecule has 0 N–H and O–H groups in total. The second-order valence-electron chi connectivity index (χ2n) is 14.4. The predicted molar refractivity (Wildman–Crippen MR) is 243 cm³/mol. The van der Waals surface area contributed by atoms with E-state index in [0.717, 1.165) is 17.1 Å². The van der Waals surface area contributed by atoms with E-state index in [0.29, 0.717) is 0 Å². The Morgan fingerprint density at radius 2 is 0.821 bits per heavy atom. The van der Waals surface area contributed by atoms with Crippen molar-refractivity contribution in [2.24, 2.45) is 0 Å². The molecule has 0 aliphatic carbocycles. The van der Waals surface area contributed by atoms with E-state index in [1.165, 1.54) is 85.9 Å². The number of nitrogens with zero attached hydrogens (tertiary/aromatic N) is 1. The Balaban J connectivity index is 1.08. The maximum Gasteiger partial charge on any atom is 0.0540 e. The fraction of sp³-hybridized carbons (Fsp3) is 0. The molecule has 0 amide bonds. The van der Waals surface area contributed by atoms with Crippen LogP contribution in [0, 0.1) is 0 Å². The van der Waals surface area contributed by atoms with Gasteiger partial charge in [-0.1, -0.05) is 170 Å². The Labute approximate surface area is 330 Å². The van der Waals surface area contributed by atoms with Crippen molar-refractivity contribution in [2.75, 3.05) is 4.90 Å². The van der Waals surface area contributed by atoms with Gasteiger partial charge in [-0.05, 0) is 103 Å². The molecule has 11 rings (SSSR count). The zero-order chi connectivity index (χ0) is 37.0. The van der Waals surface area contributed by atoms with Crippen LogP contribution in [-0.2, 0) is 0 Å². The number of hydrogen-bond donors (Lipinski definition) is 0. The molecule has 1 aromatic heterocycles. The highest BCUT2D eigenvalue weighted by Gasteiger charge is 2.19. The lowest BCUT2D eigenvalue weighted by molar-refractivity contribution is 1.30. The van der Waals surface area contributed by atoms with Crippen LogP contribution in [0.1, 0.15) is 0 Å². The highest BCUT2D eigenvalue weighted by Crippen LogP contribution is 2.45. The van der Waals surface area contributed by atoms with Gasteiger partial charge in [0.25, 0.3) is 0 Å². The summed E-state index contributed by atoms with van der Waals surface area (Å²) in [7, 11) is 0. The van der Waals surface area contributed by atoms with Crippen molar-refractivity contribution < 1.29 is 0 Å². The zero-order valence-electron chi connectivity index (χ0n) is 30.6. The van der Waals surface area contributed by atoms with Gasteiger partial charge in [-0.25, -0.2) is 0 Å². The predicted octanol–water partition coefficient (Wildman–Crippen LogP) is 16.0. The van der Waals surface area contributed by atoms with E-state index in [1.807, 2.05) is 11.3 Å². The molecule has 0 atom stereocenters. The molecular formula is C54H35NS. The molecule has 0 radical (unpaired) electrons. The molecule has 0 fully saturated rings. The zero-order valence-corrected chi connectivity index (χ0v) is 31.4. The molecule has 1 heterocycles. The number of rotatable bonds is 6. The molecule has 56 heavy (non-hydrogen) atoms. The van der Waals surface area contributed by atoms with E-state index in [2.05, 4.69) is 217 Å². The first-order valence-corrected chi connectivity index (χ1v) is 20.0. The monoisotopic (exact) mass is 729 g/mol. The molecule has 0 unspecified atom stereocenters. The van der Waals surface area contributed by atoms with Crippen molar-refractivity contribution in [3.05, 3.63) is 212 Å². The summed E-state index contributed by atoms with van der Waals surface area (Å²) in [5, 5.41) is 10.2. The fourth-order valence-corrected chi connectivity index (χ4v) is 9.81. The summed E-state index contributed by atoms with van der Waals surface area (Å²) in [5.74, 6) is 0. The van der Waals surface area contributed by atoms with Gasteiger partial charge in [0.2, 0.25) is 0 Å². The minimum Gasteiger partial charge on any atom is -0.310 e. The van der Waals surface area contributed by atoms with Crippen LogP contribution in [0.3, 0.4) is 0 Å². The normalized spacial score (nSPS) is 11.6. The fourth-order valence-electron chi connectivity index (χ4n) is 8.68. The maximum atomic E-state index is 2.43. The van der Waals surface area contributed by atoms with E-state index in [9.17, 15) is 0 Å². The smallest absolute Gasteiger partial charge is 0.0540 e. The Bertz CT molecular complexity index is 3220. The van der Waals surface area contributed by atoms with Gasteiger partial charge in [0.15, 0.2) is 0 Å². The van der Waals surface area contributed by atoms with Crippen LogP contribution in [0.25, 0.3) is 85.9 Å². The molecule has 11 aromatic rings. The molecule has 1 nitrogen and oxygen atoms in total. The summed E-state index contributed by atoms with van der Waals surface area (Å²) in [5.41, 5.74) is 10.7. The molecule has 0 aliphatic rings. The summed E-state index contributed by atoms with van der Waals surface area (Å²) in [6, 6.07) is 77.7. The number of thiophene rings is 1. The van der Waals surface area contributed by atoms with Crippen LogP contribution >= 0.6 is 11.3 Å². The molecule has 0 bridgehead atoms. The lowest BCUT2D eigenvalue weighted by atomic mass is 9.91. The van der Waals surface area contributed by atoms with E-state index in [4.69, 9.17) is 0 Å². The van der Waals surface area contributed by atoms with Gasteiger partial charge in [0, 0.05) is 36.9 Å². The highest BCUT2D eigenvalue weighted by molar-refractivity contribution is 7.26. The minimum absolute atomic E-state index is 1.11. The Morgan fingerprint density at radius 1 is 0.286 bits per heavy atom. The second-order valence-corrected chi connectivity index (χ2v) is 15.5. The van der Waals surface area contributed by atoms with Crippen LogP contribution in [0.4, 0.5) is 17.1 Å². The van der Waals surface area contributed by atoms with Gasteiger partial charge in [0.05, 0.1) is 5.69 Å². The van der Waals surface area contributed by atoms with Crippen molar-refractivity contribution >= 4 is 80.9 Å². The number of hydrogen-bond acceptors (Lipinski definition) is 2. The van der Waals surface area contributed by atoms with Crippen LogP contribution in [-0.4, -0.2) is 0 Å². The molecule has 262 valence electrons. The SMILES string of the molecule is c1ccc(-c2cccc3cccc(-c4ccc(N(c5ccc(-c6cccc7ccccc67)cc5)c5cccc6c5ccc5sc7ccccc7c56)cc4)c23)cc1. The summed E-state index contributed by atoms with van der Waals surface area (Å²) < 4.78 is 2.64. The standard InChI is InChI=1S/C54H35NS/c1-2-12-37(13-3-1)45-21-9-16-40-17-10-22-46(53(40)45)39-28-32-42(33-29-39)55(41-30-26-38(27-31-41)44-20-8-15-36-14-4-5-18-43(36)44)50-24-11-23-48-47(50)34-35-52-54(48)49-19-6-7-25-51(49)56-52/h1-35H. The number of fused-ring (bicyclic) bond motifs is 7. The Kier molecular flexibility index (Phi) is 7.75. The maximum absolute atomic E-state index is 2.43. The Hall–Kier alpha value is -7.00. The number of anilines is 3. The van der Waals surface area contributed by atoms with E-state index in [-0.39, 0.29) is 0 Å². The molecule has 0 saturated carbocycles. The topological polar surface area (TPSA) is 3.24 Å². The third kappa shape index (κ3) is 5.38. The van der Waals surface area contributed by atoms with Gasteiger partial charge < -0.3 is 4.90 Å². The van der Waals surface area contributed by atoms with Gasteiger partial charge in [-0.15, -0.1) is 11.3 Å². The molecule has 0 spiro atoms. The van der Waals surface area contributed by atoms with Gasteiger partial charge in [-0.2, -0.15) is 0 Å². The first-order valence-electron chi connectivity index (χ1n) is 19.2. The average Bonchev–Trinajstić information content (AvgIpc) is 3.66. The summed E-state index contributed by atoms with van der Waals surface area (Å²) in [6.07, 6.45) is 0. The first kappa shape index (κ1) is 32.4. The molecular weight excluding hydrogens is 695 g/mol. The van der Waals surface area contributed by atoms with E-state index >= 15 is 0 Å². The van der Waals surface area contributed by atoms with Crippen LogP contribution in [0.5, 0.6) is 0 Å². The van der Waals surface area contributed by atoms with Gasteiger partial charge in [0.1, 0.15) is 0 Å². The van der Waals surface area contributed by atoms with Crippen molar-refractivity contribution in [3.8, 4) is 33.4 Å². The minimum atomic E-state index is 1.11. The van der Waals surface area contributed by atoms with Crippen LogP contribution in [0.15, 0.2) is 212 Å². The third-order valence-electron chi connectivity index (χ3n) is 11.3. The third-order valence-corrected chi connectivity index (χ3v) is 12.4. The first-order chi connectivity index (χ1) is 27.8. The quantitative estimate of drug-likeness (QED) is 0.165. The van der Waals surface area contributed by atoms with Crippen LogP contribution in [0.2, 0.25) is 0 Å². The molecule has 0 saturated heterocycles.